The molecular formula is C26H33ClN4O3. The van der Waals surface area contributed by atoms with Gasteiger partial charge in [0.05, 0.1) is 12.2 Å². The highest BCUT2D eigenvalue weighted by molar-refractivity contribution is 6.30. The summed E-state index contributed by atoms with van der Waals surface area (Å²) in [5.41, 5.74) is 3.44. The maximum atomic E-state index is 12.8. The van der Waals surface area contributed by atoms with Gasteiger partial charge in [0.15, 0.2) is 5.15 Å². The van der Waals surface area contributed by atoms with E-state index in [2.05, 4.69) is 46.1 Å². The number of amides is 2. The number of carbonyl (C=O) groups is 2. The summed E-state index contributed by atoms with van der Waals surface area (Å²) in [6.07, 6.45) is 3.10. The Morgan fingerprint density at radius 2 is 1.85 bits per heavy atom. The van der Waals surface area contributed by atoms with Gasteiger partial charge in [0.2, 0.25) is 5.91 Å². The fourth-order valence-corrected chi connectivity index (χ4v) is 4.43. The number of hydroxylamine groups is 1. The van der Waals surface area contributed by atoms with E-state index < -0.39 is 17.7 Å². The number of nitrogens with one attached hydrogen (secondary N) is 2. The number of aromatic nitrogens is 2. The number of imidazole rings is 1. The number of hydrogen-bond acceptors (Lipinski definition) is 4. The van der Waals surface area contributed by atoms with Gasteiger partial charge in [0, 0.05) is 13.0 Å². The van der Waals surface area contributed by atoms with Gasteiger partial charge < -0.3 is 9.88 Å². The van der Waals surface area contributed by atoms with Crippen LogP contribution in [0.1, 0.15) is 57.1 Å². The van der Waals surface area contributed by atoms with Crippen LogP contribution in [0, 0.1) is 11.8 Å². The first kappa shape index (κ1) is 25.7. The first-order chi connectivity index (χ1) is 16.3. The number of aryl methyl sites for hydroxylation is 1. The molecule has 1 aromatic heterocycles. The lowest BCUT2D eigenvalue weighted by Gasteiger charge is -2.18. The monoisotopic (exact) mass is 484 g/mol. The molecular weight excluding hydrogens is 452 g/mol. The Hall–Kier alpha value is -2.90. The molecule has 1 unspecified atom stereocenters. The van der Waals surface area contributed by atoms with E-state index in [0.29, 0.717) is 23.8 Å². The molecule has 0 fully saturated rings. The number of carbonyl (C=O) groups excluding carboxylic acids is 2. The van der Waals surface area contributed by atoms with Crippen LogP contribution in [0.15, 0.2) is 42.5 Å². The molecule has 2 aromatic carbocycles. The Kier molecular flexibility index (Phi) is 9.07. The molecule has 0 saturated heterocycles. The number of halogens is 1. The van der Waals surface area contributed by atoms with Gasteiger partial charge in [-0.2, -0.15) is 0 Å². The number of rotatable bonds is 11. The standard InChI is InChI=1S/C26H33ClN4O3/c1-4-5-13-23-29-24(27)22(15-28-25(32)21(14-17(2)3)26(33)30-34)31(23)16-19-11-8-10-18-9-6-7-12-20(18)19/h6-12,17,21,34H,4-5,13-16H2,1-3H3,(H,28,32)(H,30,33). The minimum absolute atomic E-state index is 0.106. The lowest BCUT2D eigenvalue weighted by atomic mass is 9.95. The molecule has 1 atom stereocenters. The summed E-state index contributed by atoms with van der Waals surface area (Å²) in [4.78, 5) is 29.5. The normalized spacial score (nSPS) is 12.2. The van der Waals surface area contributed by atoms with Crippen molar-refractivity contribution in [3.63, 3.8) is 0 Å². The van der Waals surface area contributed by atoms with Crippen molar-refractivity contribution in [3.8, 4) is 0 Å². The van der Waals surface area contributed by atoms with Crippen LogP contribution in [0.3, 0.4) is 0 Å². The van der Waals surface area contributed by atoms with Crippen molar-refractivity contribution >= 4 is 34.2 Å². The summed E-state index contributed by atoms with van der Waals surface area (Å²) in [6, 6.07) is 14.4. The summed E-state index contributed by atoms with van der Waals surface area (Å²) >= 11 is 6.55. The minimum Gasteiger partial charge on any atom is -0.350 e. The Bertz CT molecular complexity index is 1140. The Labute approximate surface area is 205 Å². The molecule has 7 nitrogen and oxygen atoms in total. The van der Waals surface area contributed by atoms with Crippen LogP contribution < -0.4 is 10.8 Å². The quantitative estimate of drug-likeness (QED) is 0.205. The largest absolute Gasteiger partial charge is 0.350 e. The molecule has 3 N–H and O–H groups in total. The van der Waals surface area contributed by atoms with Crippen molar-refractivity contribution in [1.82, 2.24) is 20.3 Å². The van der Waals surface area contributed by atoms with Crippen LogP contribution in [0.4, 0.5) is 0 Å². The molecule has 0 bridgehead atoms. The van der Waals surface area contributed by atoms with E-state index in [1.807, 2.05) is 32.0 Å². The molecule has 0 saturated carbocycles. The highest BCUT2D eigenvalue weighted by atomic mass is 35.5. The first-order valence-electron chi connectivity index (χ1n) is 11.8. The Morgan fingerprint density at radius 1 is 1.12 bits per heavy atom. The van der Waals surface area contributed by atoms with Crippen molar-refractivity contribution in [3.05, 3.63) is 64.7 Å². The molecule has 3 rings (SSSR count). The summed E-state index contributed by atoms with van der Waals surface area (Å²) < 4.78 is 2.07. The van der Waals surface area contributed by atoms with Crippen molar-refractivity contribution in [2.75, 3.05) is 0 Å². The lowest BCUT2D eigenvalue weighted by molar-refractivity contribution is -0.141. The number of unbranched alkanes of at least 4 members (excludes halogenated alkanes) is 1. The molecule has 3 aromatic rings. The zero-order valence-corrected chi connectivity index (χ0v) is 20.7. The highest BCUT2D eigenvalue weighted by Gasteiger charge is 2.28. The van der Waals surface area contributed by atoms with Crippen LogP contribution in [-0.4, -0.2) is 26.6 Å². The fourth-order valence-electron chi connectivity index (χ4n) is 4.16. The Balaban J connectivity index is 1.90. The van der Waals surface area contributed by atoms with Crippen LogP contribution in [0.25, 0.3) is 10.8 Å². The number of hydrogen-bond donors (Lipinski definition) is 3. The van der Waals surface area contributed by atoms with Crippen LogP contribution >= 0.6 is 11.6 Å². The van der Waals surface area contributed by atoms with Gasteiger partial charge >= 0.3 is 0 Å². The zero-order valence-electron chi connectivity index (χ0n) is 20.0. The molecule has 182 valence electrons. The van der Waals surface area contributed by atoms with E-state index in [1.165, 1.54) is 0 Å². The summed E-state index contributed by atoms with van der Waals surface area (Å²) in [5, 5.41) is 14.6. The molecule has 0 aliphatic carbocycles. The van der Waals surface area contributed by atoms with Crippen LogP contribution in [0.5, 0.6) is 0 Å². The predicted molar refractivity (Wildman–Crippen MR) is 134 cm³/mol. The van der Waals surface area contributed by atoms with E-state index in [4.69, 9.17) is 16.8 Å². The van der Waals surface area contributed by atoms with Gasteiger partial charge in [-0.1, -0.05) is 81.3 Å². The third kappa shape index (κ3) is 6.15. The topological polar surface area (TPSA) is 96.2 Å². The molecule has 1 heterocycles. The number of fused-ring (bicyclic) bond motifs is 1. The summed E-state index contributed by atoms with van der Waals surface area (Å²) in [5.74, 6) is -1.18. The van der Waals surface area contributed by atoms with Gasteiger partial charge in [-0.05, 0) is 35.1 Å². The van der Waals surface area contributed by atoms with Crippen LogP contribution in [-0.2, 0) is 29.1 Å². The third-order valence-corrected chi connectivity index (χ3v) is 6.25. The van der Waals surface area contributed by atoms with E-state index >= 15 is 0 Å². The van der Waals surface area contributed by atoms with Crippen molar-refractivity contribution in [1.29, 1.82) is 0 Å². The molecule has 8 heteroatoms. The first-order valence-corrected chi connectivity index (χ1v) is 12.2. The third-order valence-electron chi connectivity index (χ3n) is 5.95. The average Bonchev–Trinajstić information content (AvgIpc) is 3.12. The molecule has 34 heavy (non-hydrogen) atoms. The van der Waals surface area contributed by atoms with Gasteiger partial charge in [-0.15, -0.1) is 0 Å². The van der Waals surface area contributed by atoms with Gasteiger partial charge in [0.1, 0.15) is 11.7 Å². The number of benzene rings is 2. The highest BCUT2D eigenvalue weighted by Crippen LogP contribution is 2.25. The zero-order chi connectivity index (χ0) is 24.7. The molecule has 0 aliphatic heterocycles. The average molecular weight is 485 g/mol. The van der Waals surface area contributed by atoms with Gasteiger partial charge in [0.25, 0.3) is 5.91 Å². The maximum Gasteiger partial charge on any atom is 0.255 e. The molecule has 0 aliphatic rings. The van der Waals surface area contributed by atoms with Crippen molar-refractivity contribution in [2.45, 2.75) is 59.5 Å². The second kappa shape index (κ2) is 12.0. The smallest absolute Gasteiger partial charge is 0.255 e. The number of nitrogens with zero attached hydrogens (tertiary/aromatic N) is 2. The van der Waals surface area contributed by atoms with E-state index in [9.17, 15) is 9.59 Å². The van der Waals surface area contributed by atoms with Crippen molar-refractivity contribution < 1.29 is 14.8 Å². The van der Waals surface area contributed by atoms with E-state index in [1.54, 1.807) is 5.48 Å². The van der Waals surface area contributed by atoms with E-state index in [0.717, 1.165) is 41.4 Å². The molecule has 0 spiro atoms. The maximum absolute atomic E-state index is 12.8. The van der Waals surface area contributed by atoms with Gasteiger partial charge in [-0.25, -0.2) is 10.5 Å². The SMILES string of the molecule is CCCCc1nc(Cl)c(CNC(=O)C(CC(C)C)C(=O)NO)n1Cc1cccc2ccccc12. The van der Waals surface area contributed by atoms with Gasteiger partial charge in [-0.3, -0.25) is 14.8 Å². The summed E-state index contributed by atoms with van der Waals surface area (Å²) in [6.45, 7) is 6.66. The van der Waals surface area contributed by atoms with Crippen molar-refractivity contribution in [2.24, 2.45) is 11.8 Å². The second-order valence-electron chi connectivity index (χ2n) is 8.97. The molecule has 2 amide bonds. The second-order valence-corrected chi connectivity index (χ2v) is 9.33. The lowest BCUT2D eigenvalue weighted by Crippen LogP contribution is -2.41. The Morgan fingerprint density at radius 3 is 2.56 bits per heavy atom. The van der Waals surface area contributed by atoms with Crippen LogP contribution in [0.2, 0.25) is 5.15 Å². The van der Waals surface area contributed by atoms with E-state index in [-0.39, 0.29) is 12.5 Å². The summed E-state index contributed by atoms with van der Waals surface area (Å²) in [7, 11) is 0. The minimum atomic E-state index is -0.988. The molecule has 0 radical (unpaired) electrons. The predicted octanol–water partition coefficient (Wildman–Crippen LogP) is 4.86. The fraction of sp³-hybridized carbons (Fsp3) is 0.423.